The van der Waals surface area contributed by atoms with Gasteiger partial charge < -0.3 is 5.32 Å². The number of rotatable bonds is 3. The molecule has 0 aliphatic rings. The minimum atomic E-state index is -0.793. The molecule has 0 atom stereocenters. The minimum absolute atomic E-state index is 0.0763. The normalized spacial score (nSPS) is 10.6. The lowest BCUT2D eigenvalue weighted by Gasteiger charge is -2.06. The number of aromatic nitrogens is 1. The number of anilines is 1. The quantitative estimate of drug-likeness (QED) is 0.759. The Bertz CT molecular complexity index is 842. The van der Waals surface area contributed by atoms with Crippen molar-refractivity contribution in [1.29, 1.82) is 0 Å². The topological polar surface area (TPSA) is 42.0 Å². The van der Waals surface area contributed by atoms with Crippen molar-refractivity contribution in [2.75, 3.05) is 5.32 Å². The van der Waals surface area contributed by atoms with Gasteiger partial charge in [-0.1, -0.05) is 30.3 Å². The molecule has 23 heavy (non-hydrogen) atoms. The number of nitrogens with zero attached hydrogens (tertiary/aromatic N) is 1. The largest absolute Gasteiger partial charge is 0.312 e. The number of hydrogen-bond donors (Lipinski definition) is 1. The molecule has 1 N–H and O–H groups in total. The van der Waals surface area contributed by atoms with Gasteiger partial charge in [-0.3, -0.25) is 4.79 Å². The standard InChI is InChI=1S/C17H12F2N2OS/c1-10-20-15(11-5-3-2-4-6-11)17(23-10)21-16(22)12-7-13(18)9-14(19)8-12/h2-9H,1H3,(H,21,22). The number of halogens is 2. The molecular weight excluding hydrogens is 318 g/mol. The molecule has 116 valence electrons. The zero-order valence-electron chi connectivity index (χ0n) is 12.1. The van der Waals surface area contributed by atoms with Crippen LogP contribution in [0.3, 0.4) is 0 Å². The van der Waals surface area contributed by atoms with Crippen LogP contribution in [0.5, 0.6) is 0 Å². The van der Waals surface area contributed by atoms with Gasteiger partial charge in [-0.15, -0.1) is 11.3 Å². The first-order valence-corrected chi connectivity index (χ1v) is 7.65. The summed E-state index contributed by atoms with van der Waals surface area (Å²) in [6.07, 6.45) is 0. The maximum atomic E-state index is 13.2. The summed E-state index contributed by atoms with van der Waals surface area (Å²) in [6.45, 7) is 1.83. The van der Waals surface area contributed by atoms with Crippen molar-refractivity contribution in [3.8, 4) is 11.3 Å². The predicted molar refractivity (Wildman–Crippen MR) is 86.6 cm³/mol. The Morgan fingerprint density at radius 1 is 1.09 bits per heavy atom. The van der Waals surface area contributed by atoms with Crippen LogP contribution in [-0.2, 0) is 0 Å². The first-order chi connectivity index (χ1) is 11.0. The van der Waals surface area contributed by atoms with E-state index >= 15 is 0 Å². The lowest BCUT2D eigenvalue weighted by atomic mass is 10.1. The second kappa shape index (κ2) is 6.26. The number of carbonyl (C=O) groups is 1. The second-order valence-corrected chi connectivity index (χ2v) is 6.09. The Kier molecular flexibility index (Phi) is 4.16. The van der Waals surface area contributed by atoms with Crippen molar-refractivity contribution in [3.05, 3.63) is 70.7 Å². The van der Waals surface area contributed by atoms with Gasteiger partial charge in [0.2, 0.25) is 0 Å². The van der Waals surface area contributed by atoms with Crippen molar-refractivity contribution in [2.24, 2.45) is 0 Å². The maximum absolute atomic E-state index is 13.2. The number of thiazole rings is 1. The summed E-state index contributed by atoms with van der Waals surface area (Å²) in [6, 6.07) is 12.1. The fraction of sp³-hybridized carbons (Fsp3) is 0.0588. The third-order valence-electron chi connectivity index (χ3n) is 3.13. The minimum Gasteiger partial charge on any atom is -0.312 e. The molecule has 0 unspecified atom stereocenters. The molecule has 1 amide bonds. The molecule has 0 aliphatic heterocycles. The molecule has 3 nitrogen and oxygen atoms in total. The van der Waals surface area contributed by atoms with E-state index < -0.39 is 17.5 Å². The lowest BCUT2D eigenvalue weighted by molar-refractivity contribution is 0.102. The highest BCUT2D eigenvalue weighted by Gasteiger charge is 2.16. The zero-order chi connectivity index (χ0) is 16.4. The summed E-state index contributed by atoms with van der Waals surface area (Å²) < 4.78 is 26.5. The Morgan fingerprint density at radius 2 is 1.74 bits per heavy atom. The van der Waals surface area contributed by atoms with E-state index in [4.69, 9.17) is 0 Å². The smallest absolute Gasteiger partial charge is 0.256 e. The van der Waals surface area contributed by atoms with E-state index in [1.807, 2.05) is 37.3 Å². The van der Waals surface area contributed by atoms with E-state index in [1.165, 1.54) is 11.3 Å². The maximum Gasteiger partial charge on any atom is 0.256 e. The molecule has 0 radical (unpaired) electrons. The van der Waals surface area contributed by atoms with E-state index in [0.29, 0.717) is 10.7 Å². The van der Waals surface area contributed by atoms with Crippen LogP contribution in [0.15, 0.2) is 48.5 Å². The average Bonchev–Trinajstić information content (AvgIpc) is 2.87. The van der Waals surface area contributed by atoms with E-state index in [0.717, 1.165) is 28.8 Å². The Morgan fingerprint density at radius 3 is 2.39 bits per heavy atom. The van der Waals surface area contributed by atoms with Gasteiger partial charge in [-0.25, -0.2) is 13.8 Å². The number of aryl methyl sites for hydroxylation is 1. The number of amides is 1. The number of hydrogen-bond acceptors (Lipinski definition) is 3. The van der Waals surface area contributed by atoms with Crippen LogP contribution in [0, 0.1) is 18.6 Å². The van der Waals surface area contributed by atoms with Crippen LogP contribution in [0.25, 0.3) is 11.3 Å². The molecule has 3 rings (SSSR count). The highest BCUT2D eigenvalue weighted by molar-refractivity contribution is 7.16. The lowest BCUT2D eigenvalue weighted by Crippen LogP contribution is -2.12. The third-order valence-corrected chi connectivity index (χ3v) is 4.02. The molecule has 1 heterocycles. The number of nitrogens with one attached hydrogen (secondary N) is 1. The van der Waals surface area contributed by atoms with Crippen molar-refractivity contribution in [2.45, 2.75) is 6.92 Å². The van der Waals surface area contributed by atoms with Crippen LogP contribution in [0.1, 0.15) is 15.4 Å². The van der Waals surface area contributed by atoms with Gasteiger partial charge in [0, 0.05) is 17.2 Å². The monoisotopic (exact) mass is 330 g/mol. The van der Waals surface area contributed by atoms with Crippen LogP contribution in [0.4, 0.5) is 13.8 Å². The van der Waals surface area contributed by atoms with Crippen LogP contribution in [-0.4, -0.2) is 10.9 Å². The highest BCUT2D eigenvalue weighted by atomic mass is 32.1. The first kappa shape index (κ1) is 15.3. The van der Waals surface area contributed by atoms with Gasteiger partial charge >= 0.3 is 0 Å². The zero-order valence-corrected chi connectivity index (χ0v) is 13.0. The molecule has 3 aromatic rings. The molecule has 0 saturated heterocycles. The van der Waals surface area contributed by atoms with Crippen LogP contribution < -0.4 is 5.32 Å². The van der Waals surface area contributed by atoms with E-state index in [2.05, 4.69) is 10.3 Å². The molecule has 1 aromatic heterocycles. The third kappa shape index (κ3) is 3.43. The summed E-state index contributed by atoms with van der Waals surface area (Å²) in [4.78, 5) is 16.7. The molecule has 0 fully saturated rings. The molecule has 0 spiro atoms. The van der Waals surface area contributed by atoms with Crippen molar-refractivity contribution in [1.82, 2.24) is 4.98 Å². The van der Waals surface area contributed by atoms with E-state index in [9.17, 15) is 13.6 Å². The average molecular weight is 330 g/mol. The molecule has 2 aromatic carbocycles. The molecule has 0 bridgehead atoms. The van der Waals surface area contributed by atoms with E-state index in [-0.39, 0.29) is 5.56 Å². The van der Waals surface area contributed by atoms with Crippen LogP contribution in [0.2, 0.25) is 0 Å². The fourth-order valence-corrected chi connectivity index (χ4v) is 3.00. The summed E-state index contributed by atoms with van der Waals surface area (Å²) in [5.41, 5.74) is 1.42. The van der Waals surface area contributed by atoms with Gasteiger partial charge in [-0.05, 0) is 19.1 Å². The Hall–Kier alpha value is -2.60. The van der Waals surface area contributed by atoms with Gasteiger partial charge in [0.25, 0.3) is 5.91 Å². The second-order valence-electron chi connectivity index (χ2n) is 4.89. The van der Waals surface area contributed by atoms with Crippen molar-refractivity contribution >= 4 is 22.2 Å². The summed E-state index contributed by atoms with van der Waals surface area (Å²) in [5, 5.41) is 4.01. The van der Waals surface area contributed by atoms with Gasteiger partial charge in [-0.2, -0.15) is 0 Å². The van der Waals surface area contributed by atoms with Crippen molar-refractivity contribution < 1.29 is 13.6 Å². The molecule has 0 saturated carbocycles. The van der Waals surface area contributed by atoms with Crippen LogP contribution >= 0.6 is 11.3 Å². The van der Waals surface area contributed by atoms with E-state index in [1.54, 1.807) is 0 Å². The molecule has 0 aliphatic carbocycles. The summed E-state index contributed by atoms with van der Waals surface area (Å²) in [7, 11) is 0. The Balaban J connectivity index is 1.93. The molecular formula is C17H12F2N2OS. The van der Waals surface area contributed by atoms with Gasteiger partial charge in [0.05, 0.1) is 5.01 Å². The SMILES string of the molecule is Cc1nc(-c2ccccc2)c(NC(=O)c2cc(F)cc(F)c2)s1. The predicted octanol–water partition coefficient (Wildman–Crippen LogP) is 4.65. The summed E-state index contributed by atoms with van der Waals surface area (Å²) in [5.74, 6) is -2.16. The number of carbonyl (C=O) groups excluding carboxylic acids is 1. The van der Waals surface area contributed by atoms with Gasteiger partial charge in [0.1, 0.15) is 22.3 Å². The molecule has 6 heteroatoms. The number of benzene rings is 2. The van der Waals surface area contributed by atoms with Crippen molar-refractivity contribution in [3.63, 3.8) is 0 Å². The Labute approximate surface area is 135 Å². The first-order valence-electron chi connectivity index (χ1n) is 6.83. The van der Waals surface area contributed by atoms with Gasteiger partial charge in [0.15, 0.2) is 0 Å². The highest BCUT2D eigenvalue weighted by Crippen LogP contribution is 2.33. The summed E-state index contributed by atoms with van der Waals surface area (Å²) >= 11 is 1.31. The fourth-order valence-electron chi connectivity index (χ4n) is 2.16.